The van der Waals surface area contributed by atoms with Gasteiger partial charge in [0.25, 0.3) is 11.8 Å². The van der Waals surface area contributed by atoms with Crippen LogP contribution in [0.3, 0.4) is 0 Å². The van der Waals surface area contributed by atoms with Crippen molar-refractivity contribution in [3.8, 4) is 0 Å². The quantitative estimate of drug-likeness (QED) is 0.513. The maximum absolute atomic E-state index is 12.9. The highest BCUT2D eigenvalue weighted by atomic mass is 16.3. The van der Waals surface area contributed by atoms with Gasteiger partial charge in [0.1, 0.15) is 0 Å². The van der Waals surface area contributed by atoms with E-state index in [-0.39, 0.29) is 6.04 Å². The molecule has 0 radical (unpaired) electrons. The Morgan fingerprint density at radius 2 is 1.79 bits per heavy atom. The van der Waals surface area contributed by atoms with E-state index in [2.05, 4.69) is 10.7 Å². The average Bonchev–Trinajstić information content (AvgIpc) is 3.56. The third-order valence-electron chi connectivity index (χ3n) is 6.20. The Morgan fingerprint density at radius 3 is 2.45 bits per heavy atom. The summed E-state index contributed by atoms with van der Waals surface area (Å²) in [4.78, 5) is 27.1. The fourth-order valence-corrected chi connectivity index (χ4v) is 4.35. The van der Waals surface area contributed by atoms with E-state index in [1.807, 2.05) is 71.9 Å². The Morgan fingerprint density at radius 1 is 1.06 bits per heavy atom. The van der Waals surface area contributed by atoms with Crippen molar-refractivity contribution < 1.29 is 19.8 Å². The number of amides is 2. The van der Waals surface area contributed by atoms with Gasteiger partial charge in [-0.15, -0.1) is 0 Å². The van der Waals surface area contributed by atoms with Gasteiger partial charge in [0, 0.05) is 19.3 Å². The molecule has 8 nitrogen and oxygen atoms in total. The number of aliphatic hydroxyl groups excluding tert-OH is 2. The Bertz CT molecular complexity index is 995. The number of nitrogens with one attached hydrogen (secondary N) is 2. The minimum Gasteiger partial charge on any atom is -0.380 e. The van der Waals surface area contributed by atoms with Gasteiger partial charge < -0.3 is 20.4 Å². The first kappa shape index (κ1) is 23.0. The lowest BCUT2D eigenvalue weighted by Crippen LogP contribution is -2.50. The molecule has 4 rings (SSSR count). The predicted molar refractivity (Wildman–Crippen MR) is 125 cm³/mol. The van der Waals surface area contributed by atoms with Crippen LogP contribution in [0.2, 0.25) is 0 Å². The van der Waals surface area contributed by atoms with Gasteiger partial charge in [-0.1, -0.05) is 48.5 Å². The van der Waals surface area contributed by atoms with E-state index in [4.69, 9.17) is 0 Å². The highest BCUT2D eigenvalue weighted by Gasteiger charge is 2.38. The summed E-state index contributed by atoms with van der Waals surface area (Å²) in [5.74, 6) is -1.42. The summed E-state index contributed by atoms with van der Waals surface area (Å²) in [5, 5.41) is 25.5. The highest BCUT2D eigenvalue weighted by molar-refractivity contribution is 5.91. The predicted octanol–water partition coefficient (Wildman–Crippen LogP) is 1.79. The topological polar surface area (TPSA) is 105 Å². The Kier molecular flexibility index (Phi) is 7.08. The van der Waals surface area contributed by atoms with Gasteiger partial charge in [0.2, 0.25) is 0 Å². The summed E-state index contributed by atoms with van der Waals surface area (Å²) in [5.41, 5.74) is 5.97. The van der Waals surface area contributed by atoms with Gasteiger partial charge >= 0.3 is 0 Å². The summed E-state index contributed by atoms with van der Waals surface area (Å²) in [6, 6.07) is 16.6. The van der Waals surface area contributed by atoms with Gasteiger partial charge in [-0.05, 0) is 43.0 Å². The van der Waals surface area contributed by atoms with E-state index in [0.717, 1.165) is 36.2 Å². The summed E-state index contributed by atoms with van der Waals surface area (Å²) in [7, 11) is 0. The van der Waals surface area contributed by atoms with Gasteiger partial charge in [0.05, 0.1) is 17.8 Å². The number of rotatable bonds is 7. The normalized spacial score (nSPS) is 20.5. The van der Waals surface area contributed by atoms with Crippen LogP contribution in [0.5, 0.6) is 0 Å². The summed E-state index contributed by atoms with van der Waals surface area (Å²) in [6.07, 6.45) is 1.86. The molecule has 0 spiro atoms. The van der Waals surface area contributed by atoms with Crippen molar-refractivity contribution in [2.45, 2.75) is 44.1 Å². The number of aliphatic hydroxyl groups is 2. The minimum atomic E-state index is -1.85. The molecule has 2 aromatic rings. The van der Waals surface area contributed by atoms with Crippen molar-refractivity contribution in [2.24, 2.45) is 0 Å². The Labute approximate surface area is 193 Å². The second-order valence-electron chi connectivity index (χ2n) is 8.43. The Balaban J connectivity index is 1.35. The fraction of sp³-hybridized carbons (Fsp3) is 0.360. The van der Waals surface area contributed by atoms with Gasteiger partial charge in [-0.2, -0.15) is 0 Å². The first-order chi connectivity index (χ1) is 16.0. The zero-order valence-corrected chi connectivity index (χ0v) is 18.6. The first-order valence-electron chi connectivity index (χ1n) is 11.3. The van der Waals surface area contributed by atoms with E-state index in [0.29, 0.717) is 6.54 Å². The third-order valence-corrected chi connectivity index (χ3v) is 6.20. The molecular weight excluding hydrogens is 420 g/mol. The maximum atomic E-state index is 12.9. The average molecular weight is 451 g/mol. The molecule has 2 aromatic carbocycles. The second kappa shape index (κ2) is 10.2. The number of hydrazine groups is 1. The van der Waals surface area contributed by atoms with Crippen LogP contribution in [0.4, 0.5) is 5.69 Å². The molecule has 8 heteroatoms. The fourth-order valence-electron chi connectivity index (χ4n) is 4.35. The van der Waals surface area contributed by atoms with Gasteiger partial charge in [-0.3, -0.25) is 14.6 Å². The lowest BCUT2D eigenvalue weighted by molar-refractivity contribution is -0.154. The molecule has 2 heterocycles. The van der Waals surface area contributed by atoms with Crippen LogP contribution in [0.15, 0.2) is 66.9 Å². The number of likely N-dealkylation sites (tertiary alicyclic amines) is 1. The summed E-state index contributed by atoms with van der Waals surface area (Å²) >= 11 is 0. The number of carbonyl (C=O) groups is 2. The van der Waals surface area contributed by atoms with Crippen LogP contribution >= 0.6 is 0 Å². The number of benzene rings is 2. The zero-order valence-electron chi connectivity index (χ0n) is 18.6. The maximum Gasteiger partial charge on any atom is 0.255 e. The number of anilines is 1. The number of hydrogen-bond donors (Lipinski definition) is 4. The van der Waals surface area contributed by atoms with Crippen molar-refractivity contribution in [1.82, 2.24) is 15.6 Å². The molecular formula is C25H30N4O4. The third kappa shape index (κ3) is 5.08. The molecule has 1 saturated heterocycles. The number of nitrogens with zero attached hydrogens (tertiary/aromatic N) is 2. The molecule has 2 aliphatic heterocycles. The van der Waals surface area contributed by atoms with Crippen LogP contribution in [-0.4, -0.2) is 52.2 Å². The SMILES string of the molecule is C[C@H](NC(=O)[C@H](O)[C@@H](O)C(=O)N1CCC[C@@H]1c1ccccc1)c1ccc(N2C=CCN2)cc1. The number of hydrogen-bond acceptors (Lipinski definition) is 6. The Hall–Kier alpha value is -3.20. The molecule has 4 atom stereocenters. The minimum absolute atomic E-state index is 0.166. The number of carbonyl (C=O) groups excluding carboxylic acids is 2. The molecule has 1 fully saturated rings. The highest BCUT2D eigenvalue weighted by Crippen LogP contribution is 2.32. The molecule has 33 heavy (non-hydrogen) atoms. The van der Waals surface area contributed by atoms with Crippen molar-refractivity contribution >= 4 is 17.5 Å². The molecule has 2 amide bonds. The van der Waals surface area contributed by atoms with E-state index in [9.17, 15) is 19.8 Å². The van der Waals surface area contributed by atoms with E-state index in [1.165, 1.54) is 0 Å². The molecule has 0 saturated carbocycles. The summed E-state index contributed by atoms with van der Waals surface area (Å²) < 4.78 is 0. The molecule has 0 unspecified atom stereocenters. The van der Waals surface area contributed by atoms with Crippen LogP contribution in [-0.2, 0) is 9.59 Å². The molecule has 4 N–H and O–H groups in total. The van der Waals surface area contributed by atoms with Gasteiger partial charge in [0.15, 0.2) is 12.2 Å². The van der Waals surface area contributed by atoms with Crippen LogP contribution in [0.25, 0.3) is 0 Å². The van der Waals surface area contributed by atoms with Crippen molar-refractivity contribution in [3.63, 3.8) is 0 Å². The molecule has 174 valence electrons. The lowest BCUT2D eigenvalue weighted by atomic mass is 10.0. The van der Waals surface area contributed by atoms with Crippen molar-refractivity contribution in [1.29, 1.82) is 0 Å². The van der Waals surface area contributed by atoms with Crippen LogP contribution in [0.1, 0.15) is 43.0 Å². The van der Waals surface area contributed by atoms with E-state index in [1.54, 1.807) is 11.8 Å². The van der Waals surface area contributed by atoms with Crippen molar-refractivity contribution in [2.75, 3.05) is 18.1 Å². The van der Waals surface area contributed by atoms with Crippen molar-refractivity contribution in [3.05, 3.63) is 78.0 Å². The lowest BCUT2D eigenvalue weighted by Gasteiger charge is -2.29. The summed E-state index contributed by atoms with van der Waals surface area (Å²) in [6.45, 7) is 3.04. The first-order valence-corrected chi connectivity index (χ1v) is 11.3. The largest absolute Gasteiger partial charge is 0.380 e. The smallest absolute Gasteiger partial charge is 0.255 e. The standard InChI is InChI=1S/C25H30N4O4/c1-17(18-10-12-20(13-11-18)29-16-6-14-26-29)27-24(32)22(30)23(31)25(33)28-15-5-9-21(28)19-7-3-2-4-8-19/h2-4,6-8,10-13,16-17,21-23,26,30-31H,5,9,14-15H2,1H3,(H,27,32)/t17-,21+,22+,23+/m0/s1. The van der Waals surface area contributed by atoms with Crippen LogP contribution in [0, 0.1) is 0 Å². The van der Waals surface area contributed by atoms with E-state index < -0.39 is 30.1 Å². The van der Waals surface area contributed by atoms with E-state index >= 15 is 0 Å². The molecule has 0 bridgehead atoms. The second-order valence-corrected chi connectivity index (χ2v) is 8.43. The monoisotopic (exact) mass is 450 g/mol. The molecule has 0 aliphatic carbocycles. The molecule has 0 aromatic heterocycles. The molecule has 2 aliphatic rings. The van der Waals surface area contributed by atoms with Crippen LogP contribution < -0.4 is 15.8 Å². The van der Waals surface area contributed by atoms with Gasteiger partial charge in [-0.25, -0.2) is 5.43 Å². The zero-order chi connectivity index (χ0) is 23.4.